The van der Waals surface area contributed by atoms with Crippen LogP contribution in [0.1, 0.15) is 12.8 Å². The Morgan fingerprint density at radius 2 is 1.84 bits per heavy atom. The molecule has 2 heterocycles. The van der Waals surface area contributed by atoms with Gasteiger partial charge in [0.2, 0.25) is 5.91 Å². The molecular weight excluding hydrogens is 245 g/mol. The first-order valence-electron chi connectivity index (χ1n) is 6.63. The molecule has 1 aromatic rings. The topological polar surface area (TPSA) is 35.6 Å². The Bertz CT molecular complexity index is 482. The third kappa shape index (κ3) is 1.89. The van der Waals surface area contributed by atoms with Gasteiger partial charge in [0.15, 0.2) is 0 Å². The standard InChI is InChI=1S/C14H18FN3O/c1-17-10-18(12-4-2-11(15)3-5-12)14(13(17)19)6-8-16-9-7-14/h2-5,16H,6-10H2,1H3. The summed E-state index contributed by atoms with van der Waals surface area (Å²) in [6.07, 6.45) is 1.60. The Hall–Kier alpha value is -1.62. The number of nitrogens with zero attached hydrogens (tertiary/aromatic N) is 2. The van der Waals surface area contributed by atoms with E-state index in [1.807, 2.05) is 7.05 Å². The van der Waals surface area contributed by atoms with Crippen molar-refractivity contribution in [1.29, 1.82) is 0 Å². The summed E-state index contributed by atoms with van der Waals surface area (Å²) in [7, 11) is 1.83. The zero-order chi connectivity index (χ0) is 13.5. The van der Waals surface area contributed by atoms with Crippen LogP contribution in [0.25, 0.3) is 0 Å². The third-order valence-electron chi connectivity index (χ3n) is 4.18. The second-order valence-corrected chi connectivity index (χ2v) is 5.33. The SMILES string of the molecule is CN1CN(c2ccc(F)cc2)C2(CCNCC2)C1=O. The zero-order valence-electron chi connectivity index (χ0n) is 11.0. The molecule has 19 heavy (non-hydrogen) atoms. The summed E-state index contributed by atoms with van der Waals surface area (Å²) in [6, 6.07) is 6.41. The van der Waals surface area contributed by atoms with Crippen molar-refractivity contribution in [2.24, 2.45) is 0 Å². The molecule has 2 fully saturated rings. The molecule has 0 saturated carbocycles. The quantitative estimate of drug-likeness (QED) is 0.826. The molecule has 0 aromatic heterocycles. The maximum Gasteiger partial charge on any atom is 0.249 e. The lowest BCUT2D eigenvalue weighted by Gasteiger charge is -2.40. The number of amides is 1. The van der Waals surface area contributed by atoms with E-state index in [2.05, 4.69) is 10.2 Å². The second kappa shape index (κ2) is 4.49. The molecule has 0 aliphatic carbocycles. The number of anilines is 1. The number of carbonyl (C=O) groups excluding carboxylic acids is 1. The minimum atomic E-state index is -0.447. The highest BCUT2D eigenvalue weighted by Gasteiger charge is 2.51. The molecular formula is C14H18FN3O. The van der Waals surface area contributed by atoms with E-state index in [-0.39, 0.29) is 11.7 Å². The second-order valence-electron chi connectivity index (χ2n) is 5.33. The van der Waals surface area contributed by atoms with Crippen molar-refractivity contribution >= 4 is 11.6 Å². The van der Waals surface area contributed by atoms with Crippen molar-refractivity contribution in [1.82, 2.24) is 10.2 Å². The van der Waals surface area contributed by atoms with E-state index in [0.717, 1.165) is 31.6 Å². The Labute approximate surface area is 112 Å². The van der Waals surface area contributed by atoms with Crippen LogP contribution in [0.3, 0.4) is 0 Å². The van der Waals surface area contributed by atoms with Gasteiger partial charge in [-0.25, -0.2) is 4.39 Å². The van der Waals surface area contributed by atoms with E-state index in [0.29, 0.717) is 6.67 Å². The van der Waals surface area contributed by atoms with Gasteiger partial charge >= 0.3 is 0 Å². The number of carbonyl (C=O) groups is 1. The molecule has 2 aliphatic rings. The van der Waals surface area contributed by atoms with Crippen LogP contribution in [-0.2, 0) is 4.79 Å². The molecule has 1 spiro atoms. The van der Waals surface area contributed by atoms with Gasteiger partial charge in [0.1, 0.15) is 11.4 Å². The van der Waals surface area contributed by atoms with Gasteiger partial charge in [0, 0.05) is 12.7 Å². The van der Waals surface area contributed by atoms with Crippen molar-refractivity contribution in [2.45, 2.75) is 18.4 Å². The fraction of sp³-hybridized carbons (Fsp3) is 0.500. The number of likely N-dealkylation sites (N-methyl/N-ethyl adjacent to an activating group) is 1. The summed E-state index contributed by atoms with van der Waals surface area (Å²) in [5, 5.41) is 3.30. The summed E-state index contributed by atoms with van der Waals surface area (Å²) in [5.41, 5.74) is 0.471. The van der Waals surface area contributed by atoms with E-state index in [9.17, 15) is 9.18 Å². The largest absolute Gasteiger partial charge is 0.339 e. The number of nitrogens with one attached hydrogen (secondary N) is 1. The monoisotopic (exact) mass is 263 g/mol. The Morgan fingerprint density at radius 1 is 1.21 bits per heavy atom. The van der Waals surface area contributed by atoms with Gasteiger partial charge in [-0.1, -0.05) is 0 Å². The first kappa shape index (κ1) is 12.4. The minimum Gasteiger partial charge on any atom is -0.339 e. The van der Waals surface area contributed by atoms with Crippen LogP contribution in [0.2, 0.25) is 0 Å². The summed E-state index contributed by atoms with van der Waals surface area (Å²) in [4.78, 5) is 16.4. The molecule has 0 radical (unpaired) electrons. The number of hydrogen-bond acceptors (Lipinski definition) is 3. The highest BCUT2D eigenvalue weighted by atomic mass is 19.1. The fourth-order valence-corrected chi connectivity index (χ4v) is 3.16. The first-order valence-corrected chi connectivity index (χ1v) is 6.63. The predicted octanol–water partition coefficient (Wildman–Crippen LogP) is 1.18. The molecule has 4 nitrogen and oxygen atoms in total. The van der Waals surface area contributed by atoms with Gasteiger partial charge in [-0.05, 0) is 50.2 Å². The average Bonchev–Trinajstić information content (AvgIpc) is 2.66. The van der Waals surface area contributed by atoms with Crippen molar-refractivity contribution in [2.75, 3.05) is 31.7 Å². The molecule has 1 N–H and O–H groups in total. The zero-order valence-corrected chi connectivity index (χ0v) is 11.0. The summed E-state index contributed by atoms with van der Waals surface area (Å²) in [5.74, 6) is -0.0692. The van der Waals surface area contributed by atoms with E-state index >= 15 is 0 Å². The van der Waals surface area contributed by atoms with Crippen molar-refractivity contribution in [3.05, 3.63) is 30.1 Å². The van der Waals surface area contributed by atoms with E-state index in [1.165, 1.54) is 12.1 Å². The summed E-state index contributed by atoms with van der Waals surface area (Å²) in [6.45, 7) is 2.26. The number of benzene rings is 1. The van der Waals surface area contributed by atoms with Crippen molar-refractivity contribution < 1.29 is 9.18 Å². The highest BCUT2D eigenvalue weighted by Crippen LogP contribution is 2.37. The number of hydrogen-bond donors (Lipinski definition) is 1. The molecule has 1 aromatic carbocycles. The maximum atomic E-state index is 13.1. The van der Waals surface area contributed by atoms with Crippen LogP contribution in [-0.4, -0.2) is 43.2 Å². The number of halogens is 1. The van der Waals surface area contributed by atoms with E-state index < -0.39 is 5.54 Å². The molecule has 0 atom stereocenters. The normalized spacial score (nSPS) is 22.3. The molecule has 102 valence electrons. The highest BCUT2D eigenvalue weighted by molar-refractivity contribution is 5.93. The van der Waals surface area contributed by atoms with Crippen LogP contribution in [0, 0.1) is 5.82 Å². The number of rotatable bonds is 1. The lowest BCUT2D eigenvalue weighted by atomic mass is 9.86. The van der Waals surface area contributed by atoms with Crippen LogP contribution >= 0.6 is 0 Å². The van der Waals surface area contributed by atoms with Crippen molar-refractivity contribution in [3.63, 3.8) is 0 Å². The first-order chi connectivity index (χ1) is 9.13. The Morgan fingerprint density at radius 3 is 2.47 bits per heavy atom. The third-order valence-corrected chi connectivity index (χ3v) is 4.18. The van der Waals surface area contributed by atoms with Gasteiger partial charge in [-0.3, -0.25) is 4.79 Å². The van der Waals surface area contributed by atoms with Crippen molar-refractivity contribution in [3.8, 4) is 0 Å². The molecule has 0 unspecified atom stereocenters. The van der Waals surface area contributed by atoms with Crippen LogP contribution in [0.4, 0.5) is 10.1 Å². The van der Waals surface area contributed by atoms with Crippen LogP contribution < -0.4 is 10.2 Å². The molecule has 2 aliphatic heterocycles. The average molecular weight is 263 g/mol. The Kier molecular flexibility index (Phi) is 2.93. The molecule has 0 bridgehead atoms. The molecule has 1 amide bonds. The molecule has 2 saturated heterocycles. The van der Waals surface area contributed by atoms with Gasteiger partial charge in [0.05, 0.1) is 6.67 Å². The summed E-state index contributed by atoms with van der Waals surface area (Å²) >= 11 is 0. The van der Waals surface area contributed by atoms with Gasteiger partial charge in [-0.15, -0.1) is 0 Å². The fourth-order valence-electron chi connectivity index (χ4n) is 3.16. The van der Waals surface area contributed by atoms with Gasteiger partial charge < -0.3 is 15.1 Å². The van der Waals surface area contributed by atoms with Gasteiger partial charge in [0.25, 0.3) is 0 Å². The minimum absolute atomic E-state index is 0.179. The van der Waals surface area contributed by atoms with Gasteiger partial charge in [-0.2, -0.15) is 0 Å². The maximum absolute atomic E-state index is 13.1. The molecule has 5 heteroatoms. The lowest BCUT2D eigenvalue weighted by molar-refractivity contribution is -0.131. The Balaban J connectivity index is 1.98. The summed E-state index contributed by atoms with van der Waals surface area (Å²) < 4.78 is 13.1. The van der Waals surface area contributed by atoms with E-state index in [4.69, 9.17) is 0 Å². The molecule has 3 rings (SSSR count). The predicted molar refractivity (Wildman–Crippen MR) is 71.4 cm³/mol. The van der Waals surface area contributed by atoms with Crippen LogP contribution in [0.5, 0.6) is 0 Å². The van der Waals surface area contributed by atoms with Crippen LogP contribution in [0.15, 0.2) is 24.3 Å². The lowest BCUT2D eigenvalue weighted by Crippen LogP contribution is -2.55. The van der Waals surface area contributed by atoms with E-state index in [1.54, 1.807) is 17.0 Å². The number of piperidine rings is 1. The smallest absolute Gasteiger partial charge is 0.249 e.